The van der Waals surface area contributed by atoms with E-state index in [0.29, 0.717) is 17.1 Å². The van der Waals surface area contributed by atoms with Gasteiger partial charge in [0.15, 0.2) is 0 Å². The molecule has 5 nitrogen and oxygen atoms in total. The SMILES string of the molecule is O=C(Nc1cccc(Br)c1)[C@H]1Oc2ccccc2NC1=O. The summed E-state index contributed by atoms with van der Waals surface area (Å²) in [5.41, 5.74) is 1.15. The van der Waals surface area contributed by atoms with E-state index in [9.17, 15) is 9.59 Å². The van der Waals surface area contributed by atoms with E-state index < -0.39 is 17.9 Å². The summed E-state index contributed by atoms with van der Waals surface area (Å²) in [6, 6.07) is 14.1. The number of carbonyl (C=O) groups excluding carboxylic acids is 2. The second-order valence-electron chi connectivity index (χ2n) is 4.48. The summed E-state index contributed by atoms with van der Waals surface area (Å²) < 4.78 is 6.31. The molecule has 2 N–H and O–H groups in total. The number of para-hydroxylation sites is 2. The van der Waals surface area contributed by atoms with E-state index in [4.69, 9.17) is 4.74 Å². The van der Waals surface area contributed by atoms with Crippen LogP contribution in [-0.4, -0.2) is 17.9 Å². The molecular formula is C15H11BrN2O3. The molecule has 0 fully saturated rings. The fourth-order valence-corrected chi connectivity index (χ4v) is 2.40. The number of rotatable bonds is 2. The maximum absolute atomic E-state index is 12.2. The van der Waals surface area contributed by atoms with Gasteiger partial charge in [-0.05, 0) is 30.3 Å². The van der Waals surface area contributed by atoms with Crippen LogP contribution in [0.15, 0.2) is 53.0 Å². The Kier molecular flexibility index (Phi) is 3.62. The van der Waals surface area contributed by atoms with Gasteiger partial charge in [-0.2, -0.15) is 0 Å². The summed E-state index contributed by atoms with van der Waals surface area (Å²) in [5.74, 6) is -0.521. The van der Waals surface area contributed by atoms with Crippen LogP contribution >= 0.6 is 15.9 Å². The number of hydrogen-bond donors (Lipinski definition) is 2. The van der Waals surface area contributed by atoms with Gasteiger partial charge >= 0.3 is 0 Å². The molecule has 1 aliphatic rings. The smallest absolute Gasteiger partial charge is 0.275 e. The quantitative estimate of drug-likeness (QED) is 0.821. The fraction of sp³-hybridized carbons (Fsp3) is 0.0667. The molecule has 1 atom stereocenters. The number of anilines is 2. The third-order valence-corrected chi connectivity index (χ3v) is 3.45. The summed E-state index contributed by atoms with van der Waals surface area (Å²) in [6.07, 6.45) is -1.21. The highest BCUT2D eigenvalue weighted by molar-refractivity contribution is 9.10. The van der Waals surface area contributed by atoms with E-state index in [1.165, 1.54) is 0 Å². The number of hydrogen-bond acceptors (Lipinski definition) is 3. The molecule has 2 aromatic rings. The predicted molar refractivity (Wildman–Crippen MR) is 82.3 cm³/mol. The van der Waals surface area contributed by atoms with E-state index >= 15 is 0 Å². The van der Waals surface area contributed by atoms with Crippen molar-refractivity contribution in [2.45, 2.75) is 6.10 Å². The Morgan fingerprint density at radius 1 is 1.19 bits per heavy atom. The van der Waals surface area contributed by atoms with Gasteiger partial charge in [0.25, 0.3) is 17.9 Å². The average Bonchev–Trinajstić information content (AvgIpc) is 2.46. The van der Waals surface area contributed by atoms with Gasteiger partial charge in [0.1, 0.15) is 5.75 Å². The molecule has 106 valence electrons. The average molecular weight is 347 g/mol. The van der Waals surface area contributed by atoms with Gasteiger partial charge in [0, 0.05) is 10.2 Å². The Bertz CT molecular complexity index is 718. The normalized spacial score (nSPS) is 16.4. The lowest BCUT2D eigenvalue weighted by Gasteiger charge is -2.24. The molecule has 0 unspecified atom stereocenters. The largest absolute Gasteiger partial charge is 0.468 e. The number of ether oxygens (including phenoxy) is 1. The molecular weight excluding hydrogens is 336 g/mol. The highest BCUT2D eigenvalue weighted by atomic mass is 79.9. The lowest BCUT2D eigenvalue weighted by atomic mass is 10.2. The van der Waals surface area contributed by atoms with Crippen LogP contribution in [0.1, 0.15) is 0 Å². The van der Waals surface area contributed by atoms with Crippen molar-refractivity contribution in [2.75, 3.05) is 10.6 Å². The van der Waals surface area contributed by atoms with Crippen LogP contribution in [0.2, 0.25) is 0 Å². The van der Waals surface area contributed by atoms with Crippen molar-refractivity contribution in [1.29, 1.82) is 0 Å². The van der Waals surface area contributed by atoms with Crippen LogP contribution in [0.4, 0.5) is 11.4 Å². The number of halogens is 1. The molecule has 0 saturated heterocycles. The maximum atomic E-state index is 12.2. The Labute approximate surface area is 129 Å². The summed E-state index contributed by atoms with van der Waals surface area (Å²) in [6.45, 7) is 0. The monoisotopic (exact) mass is 346 g/mol. The molecule has 2 amide bonds. The van der Waals surface area contributed by atoms with E-state index in [1.54, 1.807) is 42.5 Å². The Morgan fingerprint density at radius 2 is 2.00 bits per heavy atom. The van der Waals surface area contributed by atoms with Crippen LogP contribution in [0.25, 0.3) is 0 Å². The van der Waals surface area contributed by atoms with Crippen molar-refractivity contribution in [3.63, 3.8) is 0 Å². The minimum atomic E-state index is -1.21. The first-order valence-electron chi connectivity index (χ1n) is 6.26. The van der Waals surface area contributed by atoms with Gasteiger partial charge in [-0.1, -0.05) is 34.1 Å². The zero-order chi connectivity index (χ0) is 14.8. The van der Waals surface area contributed by atoms with E-state index in [0.717, 1.165) is 4.47 Å². The predicted octanol–water partition coefficient (Wildman–Crippen LogP) is 2.79. The van der Waals surface area contributed by atoms with E-state index in [-0.39, 0.29) is 0 Å². The third kappa shape index (κ3) is 2.90. The lowest BCUT2D eigenvalue weighted by Crippen LogP contribution is -2.45. The number of benzene rings is 2. The molecule has 0 saturated carbocycles. The fourth-order valence-electron chi connectivity index (χ4n) is 2.00. The van der Waals surface area contributed by atoms with Gasteiger partial charge in [-0.25, -0.2) is 0 Å². The molecule has 2 aromatic carbocycles. The third-order valence-electron chi connectivity index (χ3n) is 2.96. The Hall–Kier alpha value is -2.34. The Morgan fingerprint density at radius 3 is 2.81 bits per heavy atom. The second-order valence-corrected chi connectivity index (χ2v) is 5.40. The molecule has 0 bridgehead atoms. The highest BCUT2D eigenvalue weighted by Gasteiger charge is 2.33. The van der Waals surface area contributed by atoms with Gasteiger partial charge < -0.3 is 15.4 Å². The van der Waals surface area contributed by atoms with Crippen molar-refractivity contribution < 1.29 is 14.3 Å². The zero-order valence-corrected chi connectivity index (χ0v) is 12.4. The lowest BCUT2D eigenvalue weighted by molar-refractivity contribution is -0.133. The molecule has 0 radical (unpaired) electrons. The molecule has 6 heteroatoms. The van der Waals surface area contributed by atoms with Crippen LogP contribution in [0.3, 0.4) is 0 Å². The summed E-state index contributed by atoms with van der Waals surface area (Å²) >= 11 is 3.32. The van der Waals surface area contributed by atoms with E-state index in [1.807, 2.05) is 6.07 Å². The molecule has 3 rings (SSSR count). The van der Waals surface area contributed by atoms with Crippen LogP contribution < -0.4 is 15.4 Å². The first-order chi connectivity index (χ1) is 10.1. The summed E-state index contributed by atoms with van der Waals surface area (Å²) in [7, 11) is 0. The van der Waals surface area contributed by atoms with Gasteiger partial charge in [-0.3, -0.25) is 9.59 Å². The van der Waals surface area contributed by atoms with Crippen molar-refractivity contribution >= 4 is 39.1 Å². The van der Waals surface area contributed by atoms with Crippen LogP contribution in [-0.2, 0) is 9.59 Å². The highest BCUT2D eigenvalue weighted by Crippen LogP contribution is 2.29. The molecule has 0 spiro atoms. The number of nitrogens with one attached hydrogen (secondary N) is 2. The van der Waals surface area contributed by atoms with Crippen LogP contribution in [0, 0.1) is 0 Å². The molecule has 21 heavy (non-hydrogen) atoms. The summed E-state index contributed by atoms with van der Waals surface area (Å²) in [4.78, 5) is 24.1. The number of carbonyl (C=O) groups is 2. The molecule has 1 aliphatic heterocycles. The standard InChI is InChI=1S/C15H11BrN2O3/c16-9-4-3-5-10(8-9)17-14(19)13-15(20)18-11-6-1-2-7-12(11)21-13/h1-8,13H,(H,17,19)(H,18,20)/t13-/m1/s1. The van der Waals surface area contributed by atoms with Gasteiger partial charge in [-0.15, -0.1) is 0 Å². The first kappa shape index (κ1) is 13.6. The van der Waals surface area contributed by atoms with Crippen molar-refractivity contribution in [3.05, 3.63) is 53.0 Å². The van der Waals surface area contributed by atoms with Crippen LogP contribution in [0.5, 0.6) is 5.75 Å². The van der Waals surface area contributed by atoms with E-state index in [2.05, 4.69) is 26.6 Å². The minimum absolute atomic E-state index is 0.478. The second kappa shape index (κ2) is 5.57. The number of amides is 2. The minimum Gasteiger partial charge on any atom is -0.468 e. The van der Waals surface area contributed by atoms with Gasteiger partial charge in [0.05, 0.1) is 5.69 Å². The summed E-state index contributed by atoms with van der Waals surface area (Å²) in [5, 5.41) is 5.31. The van der Waals surface area contributed by atoms with Crippen molar-refractivity contribution in [1.82, 2.24) is 0 Å². The molecule has 0 aliphatic carbocycles. The topological polar surface area (TPSA) is 67.4 Å². The first-order valence-corrected chi connectivity index (χ1v) is 7.06. The van der Waals surface area contributed by atoms with Crippen molar-refractivity contribution in [3.8, 4) is 5.75 Å². The Balaban J connectivity index is 1.78. The van der Waals surface area contributed by atoms with Crippen molar-refractivity contribution in [2.24, 2.45) is 0 Å². The zero-order valence-electron chi connectivity index (χ0n) is 10.8. The molecule has 1 heterocycles. The van der Waals surface area contributed by atoms with Gasteiger partial charge in [0.2, 0.25) is 0 Å². The maximum Gasteiger partial charge on any atom is 0.275 e. The number of fused-ring (bicyclic) bond motifs is 1. The molecule has 0 aromatic heterocycles.